The van der Waals surface area contributed by atoms with Crippen LogP contribution in [0.25, 0.3) is 0 Å². The van der Waals surface area contributed by atoms with Gasteiger partial charge in [-0.25, -0.2) is 0 Å². The highest BCUT2D eigenvalue weighted by Crippen LogP contribution is 2.12. The van der Waals surface area contributed by atoms with Gasteiger partial charge >= 0.3 is 0 Å². The molecule has 2 amide bonds. The van der Waals surface area contributed by atoms with Crippen LogP contribution in [-0.2, 0) is 9.59 Å². The number of nitrogens with two attached hydrogens (primary N) is 1. The fourth-order valence-corrected chi connectivity index (χ4v) is 2.71. The van der Waals surface area contributed by atoms with Gasteiger partial charge in [-0.3, -0.25) is 9.59 Å². The number of nitrogens with one attached hydrogen (secondary N) is 1. The predicted molar refractivity (Wildman–Crippen MR) is 93.1 cm³/mol. The molecule has 0 radical (unpaired) electrons. The summed E-state index contributed by atoms with van der Waals surface area (Å²) in [6, 6.07) is 10.3. The molecule has 0 saturated carbocycles. The SMILES string of the molecule is CCN(CCCNC(=O)CCSCC(N)=O)c1ccccc1. The molecule has 0 bridgehead atoms. The quantitative estimate of drug-likeness (QED) is 0.607. The largest absolute Gasteiger partial charge is 0.372 e. The first-order valence-corrected chi connectivity index (χ1v) is 8.71. The first-order valence-electron chi connectivity index (χ1n) is 7.56. The number of anilines is 1. The van der Waals surface area contributed by atoms with Crippen molar-refractivity contribution < 1.29 is 9.59 Å². The fourth-order valence-electron chi connectivity index (χ4n) is 2.03. The fraction of sp³-hybridized carbons (Fsp3) is 0.500. The van der Waals surface area contributed by atoms with Crippen LogP contribution in [-0.4, -0.2) is 43.0 Å². The lowest BCUT2D eigenvalue weighted by molar-refractivity contribution is -0.120. The van der Waals surface area contributed by atoms with E-state index in [1.54, 1.807) is 0 Å². The highest BCUT2D eigenvalue weighted by atomic mass is 32.2. The first-order chi connectivity index (χ1) is 10.6. The second kappa shape index (κ2) is 11.0. The minimum absolute atomic E-state index is 0.0275. The van der Waals surface area contributed by atoms with Gasteiger partial charge in [0.05, 0.1) is 5.75 Å². The molecule has 0 aromatic heterocycles. The zero-order valence-corrected chi connectivity index (χ0v) is 13.9. The van der Waals surface area contributed by atoms with E-state index in [0.717, 1.165) is 19.5 Å². The number of thioether (sulfide) groups is 1. The Morgan fingerprint density at radius 1 is 1.27 bits per heavy atom. The van der Waals surface area contributed by atoms with E-state index in [4.69, 9.17) is 5.73 Å². The molecule has 0 saturated heterocycles. The molecule has 1 rings (SSSR count). The van der Waals surface area contributed by atoms with Crippen LogP contribution < -0.4 is 16.0 Å². The molecule has 22 heavy (non-hydrogen) atoms. The van der Waals surface area contributed by atoms with E-state index in [-0.39, 0.29) is 17.6 Å². The summed E-state index contributed by atoms with van der Waals surface area (Å²) >= 11 is 1.39. The van der Waals surface area contributed by atoms with Gasteiger partial charge in [0.15, 0.2) is 0 Å². The van der Waals surface area contributed by atoms with Crippen molar-refractivity contribution in [2.45, 2.75) is 19.8 Å². The summed E-state index contributed by atoms with van der Waals surface area (Å²) in [5, 5.41) is 2.91. The summed E-state index contributed by atoms with van der Waals surface area (Å²) in [7, 11) is 0. The summed E-state index contributed by atoms with van der Waals surface area (Å²) in [5.41, 5.74) is 6.24. The molecule has 0 atom stereocenters. The van der Waals surface area contributed by atoms with Crippen LogP contribution in [0, 0.1) is 0 Å². The van der Waals surface area contributed by atoms with Crippen LogP contribution in [0.4, 0.5) is 5.69 Å². The molecule has 0 unspecified atom stereocenters. The van der Waals surface area contributed by atoms with Gasteiger partial charge in [-0.05, 0) is 25.5 Å². The molecule has 6 heteroatoms. The van der Waals surface area contributed by atoms with E-state index in [1.807, 2.05) is 18.2 Å². The molecular formula is C16H25N3O2S. The zero-order chi connectivity index (χ0) is 16.2. The normalized spacial score (nSPS) is 10.2. The van der Waals surface area contributed by atoms with Gasteiger partial charge in [-0.1, -0.05) is 18.2 Å². The summed E-state index contributed by atoms with van der Waals surface area (Å²) in [6.45, 7) is 4.66. The number of nitrogens with zero attached hydrogens (tertiary/aromatic N) is 1. The van der Waals surface area contributed by atoms with Crippen LogP contribution in [0.2, 0.25) is 0 Å². The third-order valence-corrected chi connectivity index (χ3v) is 4.13. The topological polar surface area (TPSA) is 75.4 Å². The Bertz CT molecular complexity index is 454. The maximum atomic E-state index is 11.6. The van der Waals surface area contributed by atoms with Crippen LogP contribution in [0.5, 0.6) is 0 Å². The second-order valence-electron chi connectivity index (χ2n) is 4.89. The molecule has 1 aromatic rings. The lowest BCUT2D eigenvalue weighted by Gasteiger charge is -2.23. The molecule has 122 valence electrons. The Morgan fingerprint density at radius 3 is 2.64 bits per heavy atom. The molecule has 3 N–H and O–H groups in total. The number of hydrogen-bond donors (Lipinski definition) is 2. The van der Waals surface area contributed by atoms with Crippen molar-refractivity contribution in [2.75, 3.05) is 36.0 Å². The van der Waals surface area contributed by atoms with Crippen molar-refractivity contribution in [3.63, 3.8) is 0 Å². The summed E-state index contributed by atoms with van der Waals surface area (Å²) in [4.78, 5) is 24.5. The smallest absolute Gasteiger partial charge is 0.227 e. The van der Waals surface area contributed by atoms with Gasteiger partial charge < -0.3 is 16.0 Å². The number of primary amides is 1. The third kappa shape index (κ3) is 7.93. The summed E-state index contributed by atoms with van der Waals surface area (Å²) in [6.07, 6.45) is 1.33. The van der Waals surface area contributed by atoms with E-state index in [2.05, 4.69) is 29.3 Å². The number of hydrogen-bond acceptors (Lipinski definition) is 4. The average molecular weight is 323 g/mol. The second-order valence-corrected chi connectivity index (χ2v) is 5.99. The lowest BCUT2D eigenvalue weighted by atomic mass is 10.2. The number of para-hydroxylation sites is 1. The predicted octanol–water partition coefficient (Wildman–Crippen LogP) is 1.63. The van der Waals surface area contributed by atoms with Gasteiger partial charge in [0.1, 0.15) is 0 Å². The van der Waals surface area contributed by atoms with E-state index in [1.165, 1.54) is 17.4 Å². The minimum Gasteiger partial charge on any atom is -0.372 e. The Morgan fingerprint density at radius 2 is 2.00 bits per heavy atom. The Hall–Kier alpha value is -1.69. The molecule has 0 fully saturated rings. The highest BCUT2D eigenvalue weighted by molar-refractivity contribution is 7.99. The van der Waals surface area contributed by atoms with Gasteiger partial charge in [0.25, 0.3) is 0 Å². The molecule has 1 aromatic carbocycles. The molecule has 0 spiro atoms. The Balaban J connectivity index is 2.13. The van der Waals surface area contributed by atoms with Gasteiger partial charge in [0.2, 0.25) is 11.8 Å². The Kier molecular flexibility index (Phi) is 9.14. The minimum atomic E-state index is -0.342. The Labute approximate surface area is 136 Å². The third-order valence-electron chi connectivity index (χ3n) is 3.15. The maximum absolute atomic E-state index is 11.6. The first kappa shape index (κ1) is 18.4. The van der Waals surface area contributed by atoms with Crippen molar-refractivity contribution in [1.29, 1.82) is 0 Å². The van der Waals surface area contributed by atoms with E-state index in [9.17, 15) is 9.59 Å². The zero-order valence-electron chi connectivity index (χ0n) is 13.1. The molecule has 5 nitrogen and oxygen atoms in total. The van der Waals surface area contributed by atoms with Crippen molar-refractivity contribution in [1.82, 2.24) is 5.32 Å². The van der Waals surface area contributed by atoms with Crippen molar-refractivity contribution in [2.24, 2.45) is 5.73 Å². The summed E-state index contributed by atoms with van der Waals surface area (Å²) in [5.74, 6) is 0.584. The van der Waals surface area contributed by atoms with Crippen molar-refractivity contribution in [3.8, 4) is 0 Å². The maximum Gasteiger partial charge on any atom is 0.227 e. The van der Waals surface area contributed by atoms with Crippen molar-refractivity contribution >= 4 is 29.3 Å². The van der Waals surface area contributed by atoms with Gasteiger partial charge in [-0.15, -0.1) is 0 Å². The van der Waals surface area contributed by atoms with E-state index >= 15 is 0 Å². The number of benzene rings is 1. The summed E-state index contributed by atoms with van der Waals surface area (Å²) < 4.78 is 0. The van der Waals surface area contributed by atoms with Crippen LogP contribution >= 0.6 is 11.8 Å². The van der Waals surface area contributed by atoms with Gasteiger partial charge in [0, 0.05) is 37.5 Å². The number of rotatable bonds is 11. The molecule has 0 heterocycles. The molecule has 0 aliphatic rings. The number of amides is 2. The molecular weight excluding hydrogens is 298 g/mol. The molecule has 0 aliphatic carbocycles. The number of carbonyl (C=O) groups excluding carboxylic acids is 2. The highest BCUT2D eigenvalue weighted by Gasteiger charge is 2.05. The van der Waals surface area contributed by atoms with Crippen LogP contribution in [0.1, 0.15) is 19.8 Å². The van der Waals surface area contributed by atoms with Gasteiger partial charge in [-0.2, -0.15) is 11.8 Å². The lowest BCUT2D eigenvalue weighted by Crippen LogP contribution is -2.30. The average Bonchev–Trinajstić information content (AvgIpc) is 2.52. The van der Waals surface area contributed by atoms with Crippen LogP contribution in [0.3, 0.4) is 0 Å². The standard InChI is InChI=1S/C16H25N3O2S/c1-2-19(14-7-4-3-5-8-14)11-6-10-18-16(21)9-12-22-13-15(17)20/h3-5,7-8H,2,6,9-13H2,1H3,(H2,17,20)(H,18,21). The van der Waals surface area contributed by atoms with Crippen molar-refractivity contribution in [3.05, 3.63) is 30.3 Å². The van der Waals surface area contributed by atoms with E-state index in [0.29, 0.717) is 18.7 Å². The van der Waals surface area contributed by atoms with E-state index < -0.39 is 0 Å². The molecule has 0 aliphatic heterocycles. The number of carbonyl (C=O) groups is 2. The van der Waals surface area contributed by atoms with Crippen LogP contribution in [0.15, 0.2) is 30.3 Å². The monoisotopic (exact) mass is 323 g/mol.